The quantitative estimate of drug-likeness (QED) is 0.588. The summed E-state index contributed by atoms with van der Waals surface area (Å²) in [6.45, 7) is 4.83. The van der Waals surface area contributed by atoms with E-state index in [1.165, 1.54) is 12.1 Å². The Morgan fingerprint density at radius 2 is 1.96 bits per heavy atom. The number of hydrazone groups is 1. The number of hydrogen-bond donors (Lipinski definition) is 0. The number of halogens is 2. The van der Waals surface area contributed by atoms with Crippen LogP contribution in [0.5, 0.6) is 5.75 Å². The zero-order chi connectivity index (χ0) is 19.5. The Morgan fingerprint density at radius 3 is 2.71 bits per heavy atom. The fourth-order valence-corrected chi connectivity index (χ4v) is 5.02. The Morgan fingerprint density at radius 1 is 1.18 bits per heavy atom. The molecule has 2 aromatic rings. The van der Waals surface area contributed by atoms with E-state index < -0.39 is 5.72 Å². The lowest BCUT2D eigenvalue weighted by molar-refractivity contribution is -0.212. The summed E-state index contributed by atoms with van der Waals surface area (Å²) in [6, 6.07) is 12.8. The number of fused-ring (bicyclic) bond motifs is 4. The van der Waals surface area contributed by atoms with Crippen molar-refractivity contribution in [2.45, 2.75) is 50.5 Å². The molecule has 5 rings (SSSR count). The molecule has 0 N–H and O–H groups in total. The van der Waals surface area contributed by atoms with E-state index in [4.69, 9.17) is 14.6 Å². The molecule has 0 bridgehead atoms. The van der Waals surface area contributed by atoms with Crippen LogP contribution in [-0.4, -0.2) is 28.7 Å². The van der Waals surface area contributed by atoms with E-state index in [1.54, 1.807) is 12.1 Å². The molecule has 0 aromatic heterocycles. The van der Waals surface area contributed by atoms with Crippen molar-refractivity contribution in [3.8, 4) is 5.75 Å². The molecule has 0 radical (unpaired) electrons. The summed E-state index contributed by atoms with van der Waals surface area (Å²) in [6.07, 6.45) is 2.25. The van der Waals surface area contributed by atoms with Crippen molar-refractivity contribution in [3.05, 3.63) is 63.9 Å². The van der Waals surface area contributed by atoms with Crippen LogP contribution in [0.3, 0.4) is 0 Å². The van der Waals surface area contributed by atoms with Gasteiger partial charge in [0.1, 0.15) is 11.6 Å². The summed E-state index contributed by atoms with van der Waals surface area (Å²) in [5.74, 6) is 0.679. The van der Waals surface area contributed by atoms with E-state index in [0.29, 0.717) is 6.61 Å². The van der Waals surface area contributed by atoms with Gasteiger partial charge in [0.2, 0.25) is 5.72 Å². The normalized spacial score (nSPS) is 27.8. The van der Waals surface area contributed by atoms with Crippen molar-refractivity contribution < 1.29 is 13.9 Å². The van der Waals surface area contributed by atoms with Crippen LogP contribution in [0.1, 0.15) is 50.3 Å². The van der Waals surface area contributed by atoms with E-state index in [9.17, 15) is 4.39 Å². The molecule has 3 aliphatic rings. The van der Waals surface area contributed by atoms with Crippen LogP contribution in [0.4, 0.5) is 4.39 Å². The molecule has 0 aliphatic carbocycles. The minimum Gasteiger partial charge on any atom is -0.466 e. The van der Waals surface area contributed by atoms with Gasteiger partial charge in [0.05, 0.1) is 24.0 Å². The maximum absolute atomic E-state index is 13.4. The summed E-state index contributed by atoms with van der Waals surface area (Å²) in [4.78, 5) is 0. The van der Waals surface area contributed by atoms with Crippen molar-refractivity contribution in [3.63, 3.8) is 0 Å². The summed E-state index contributed by atoms with van der Waals surface area (Å²) in [5.41, 5.74) is 2.22. The Balaban J connectivity index is 1.61. The third-order valence-electron chi connectivity index (χ3n) is 5.82. The summed E-state index contributed by atoms with van der Waals surface area (Å²) >= 11 is 3.59. The first kappa shape index (κ1) is 18.1. The monoisotopic (exact) mass is 444 g/mol. The third-order valence-corrected chi connectivity index (χ3v) is 6.32. The SMILES string of the molecule is CC1(C)C[C@]2(CCO1)Oc1ccc(Br)cc1[C@H]1CC(c3ccc(F)cc3)=NN12. The first-order valence-electron chi connectivity index (χ1n) is 9.60. The second kappa shape index (κ2) is 6.29. The molecule has 1 fully saturated rings. The summed E-state index contributed by atoms with van der Waals surface area (Å²) in [7, 11) is 0. The van der Waals surface area contributed by atoms with Gasteiger partial charge in [-0.25, -0.2) is 9.40 Å². The molecule has 1 spiro atoms. The topological polar surface area (TPSA) is 34.1 Å². The van der Waals surface area contributed by atoms with Gasteiger partial charge in [-0.3, -0.25) is 0 Å². The highest BCUT2D eigenvalue weighted by Gasteiger charge is 2.54. The molecule has 2 atom stereocenters. The standard InChI is InChI=1S/C22H22BrFN2O2/c1-21(2)13-22(9-10-27-21)26-19(17-11-15(23)5-8-20(17)28-22)12-18(25-26)14-3-6-16(24)7-4-14/h3-8,11,19H,9-10,12-13H2,1-2H3/t19-,22+/m1/s1. The second-order valence-electron chi connectivity index (χ2n) is 8.38. The minimum atomic E-state index is -0.533. The van der Waals surface area contributed by atoms with E-state index in [0.717, 1.165) is 46.3 Å². The van der Waals surface area contributed by atoms with Crippen LogP contribution < -0.4 is 4.74 Å². The molecule has 3 heterocycles. The van der Waals surface area contributed by atoms with Crippen LogP contribution in [0.15, 0.2) is 52.0 Å². The Kier molecular flexibility index (Phi) is 4.07. The van der Waals surface area contributed by atoms with Gasteiger partial charge < -0.3 is 9.47 Å². The van der Waals surface area contributed by atoms with Crippen molar-refractivity contribution in [2.24, 2.45) is 5.10 Å². The first-order chi connectivity index (χ1) is 13.4. The lowest BCUT2D eigenvalue weighted by atomic mass is 9.86. The average molecular weight is 445 g/mol. The van der Waals surface area contributed by atoms with E-state index in [-0.39, 0.29) is 17.5 Å². The van der Waals surface area contributed by atoms with Crippen LogP contribution in [0.25, 0.3) is 0 Å². The Labute approximate surface area is 172 Å². The second-order valence-corrected chi connectivity index (χ2v) is 9.30. The lowest BCUT2D eigenvalue weighted by Crippen LogP contribution is -2.60. The zero-order valence-electron chi connectivity index (χ0n) is 15.9. The number of ether oxygens (including phenoxy) is 2. The van der Waals surface area contributed by atoms with Gasteiger partial charge >= 0.3 is 0 Å². The molecule has 4 nitrogen and oxygen atoms in total. The van der Waals surface area contributed by atoms with Crippen LogP contribution in [0, 0.1) is 5.82 Å². The lowest BCUT2D eigenvalue weighted by Gasteiger charge is -2.52. The summed E-state index contributed by atoms with van der Waals surface area (Å²) < 4.78 is 27.0. The van der Waals surface area contributed by atoms with Gasteiger partial charge in [-0.2, -0.15) is 5.10 Å². The zero-order valence-corrected chi connectivity index (χ0v) is 17.5. The fourth-order valence-electron chi connectivity index (χ4n) is 4.64. The molecule has 2 aromatic carbocycles. The molecule has 0 unspecified atom stereocenters. The maximum Gasteiger partial charge on any atom is 0.203 e. The van der Waals surface area contributed by atoms with Gasteiger partial charge in [-0.1, -0.05) is 28.1 Å². The molecule has 28 heavy (non-hydrogen) atoms. The van der Waals surface area contributed by atoms with Crippen molar-refractivity contribution >= 4 is 21.6 Å². The third kappa shape index (κ3) is 2.94. The Hall–Kier alpha value is -1.92. The molecule has 146 valence electrons. The van der Waals surface area contributed by atoms with E-state index >= 15 is 0 Å². The number of benzene rings is 2. The molecular formula is C22H22BrFN2O2. The largest absolute Gasteiger partial charge is 0.466 e. The van der Waals surface area contributed by atoms with Crippen molar-refractivity contribution in [2.75, 3.05) is 6.61 Å². The number of hydrogen-bond acceptors (Lipinski definition) is 4. The van der Waals surface area contributed by atoms with Gasteiger partial charge in [0.25, 0.3) is 0 Å². The predicted molar refractivity (Wildman–Crippen MR) is 109 cm³/mol. The number of rotatable bonds is 1. The fraction of sp³-hybridized carbons (Fsp3) is 0.409. The molecule has 1 saturated heterocycles. The smallest absolute Gasteiger partial charge is 0.203 e. The highest BCUT2D eigenvalue weighted by atomic mass is 79.9. The highest BCUT2D eigenvalue weighted by Crippen LogP contribution is 2.52. The van der Waals surface area contributed by atoms with Crippen molar-refractivity contribution in [1.29, 1.82) is 0 Å². The molecule has 6 heteroatoms. The number of nitrogens with zero attached hydrogens (tertiary/aromatic N) is 2. The van der Waals surface area contributed by atoms with E-state index in [1.807, 2.05) is 12.1 Å². The van der Waals surface area contributed by atoms with Gasteiger partial charge in [-0.15, -0.1) is 0 Å². The highest BCUT2D eigenvalue weighted by molar-refractivity contribution is 9.10. The first-order valence-corrected chi connectivity index (χ1v) is 10.4. The maximum atomic E-state index is 13.4. The summed E-state index contributed by atoms with van der Waals surface area (Å²) in [5, 5.41) is 7.16. The molecule has 0 saturated carbocycles. The van der Waals surface area contributed by atoms with Gasteiger partial charge in [0, 0.05) is 29.3 Å². The predicted octanol–water partition coefficient (Wildman–Crippen LogP) is 5.42. The average Bonchev–Trinajstić information content (AvgIpc) is 3.09. The van der Waals surface area contributed by atoms with Gasteiger partial charge in [0.15, 0.2) is 0 Å². The van der Waals surface area contributed by atoms with Crippen molar-refractivity contribution in [1.82, 2.24) is 5.01 Å². The molecule has 3 aliphatic heterocycles. The van der Waals surface area contributed by atoms with Crippen LogP contribution in [0.2, 0.25) is 0 Å². The van der Waals surface area contributed by atoms with Crippen LogP contribution in [-0.2, 0) is 4.74 Å². The van der Waals surface area contributed by atoms with E-state index in [2.05, 4.69) is 40.9 Å². The molecule has 0 amide bonds. The Bertz CT molecular complexity index is 960. The van der Waals surface area contributed by atoms with Crippen LogP contribution >= 0.6 is 15.9 Å². The minimum absolute atomic E-state index is 0.0928. The molecular weight excluding hydrogens is 423 g/mol. The van der Waals surface area contributed by atoms with Gasteiger partial charge in [-0.05, 0) is 49.7 Å².